The summed E-state index contributed by atoms with van der Waals surface area (Å²) in [6.07, 6.45) is -0.611. The minimum atomic E-state index is -1.23. The Morgan fingerprint density at radius 3 is 2.24 bits per heavy atom. The van der Waals surface area contributed by atoms with Gasteiger partial charge in [-0.15, -0.1) is 0 Å². The van der Waals surface area contributed by atoms with Crippen LogP contribution in [0.1, 0.15) is 29.7 Å². The van der Waals surface area contributed by atoms with Gasteiger partial charge in [-0.2, -0.15) is 0 Å². The third-order valence-corrected chi connectivity index (χ3v) is 5.25. The summed E-state index contributed by atoms with van der Waals surface area (Å²) in [5.41, 5.74) is 9.21. The summed E-state index contributed by atoms with van der Waals surface area (Å²) >= 11 is 0. The van der Waals surface area contributed by atoms with E-state index in [1.54, 1.807) is 18.9 Å². The van der Waals surface area contributed by atoms with Crippen molar-refractivity contribution < 1.29 is 14.3 Å². The molecule has 2 unspecified atom stereocenters. The van der Waals surface area contributed by atoms with Crippen LogP contribution in [0, 0.1) is 11.8 Å². The zero-order valence-corrected chi connectivity index (χ0v) is 19.1. The van der Waals surface area contributed by atoms with Crippen molar-refractivity contribution in [2.75, 3.05) is 14.2 Å². The fraction of sp³-hybridized carbons (Fsp3) is 0.222. The van der Waals surface area contributed by atoms with Crippen molar-refractivity contribution in [3.05, 3.63) is 102 Å². The molecule has 3 aromatic rings. The molecule has 0 bridgehead atoms. The number of ether oxygens (including phenoxy) is 2. The van der Waals surface area contributed by atoms with Crippen molar-refractivity contribution in [3.63, 3.8) is 0 Å². The summed E-state index contributed by atoms with van der Waals surface area (Å²) in [6.45, 7) is 1.86. The predicted octanol–water partition coefficient (Wildman–Crippen LogP) is 4.28. The van der Waals surface area contributed by atoms with Crippen LogP contribution in [-0.4, -0.2) is 30.9 Å². The maximum atomic E-state index is 12.5. The van der Waals surface area contributed by atoms with E-state index in [1.165, 1.54) is 0 Å². The van der Waals surface area contributed by atoms with Crippen LogP contribution in [-0.2, 0) is 11.3 Å². The summed E-state index contributed by atoms with van der Waals surface area (Å²) < 4.78 is 10.6. The summed E-state index contributed by atoms with van der Waals surface area (Å²) in [5.74, 6) is 6.00. The molecule has 6 heteroatoms. The lowest BCUT2D eigenvalue weighted by Gasteiger charge is -2.39. The van der Waals surface area contributed by atoms with Crippen LogP contribution in [0.15, 0.2) is 84.9 Å². The fourth-order valence-corrected chi connectivity index (χ4v) is 3.19. The third-order valence-electron chi connectivity index (χ3n) is 5.25. The number of carbonyl (C=O) groups is 1. The Labute approximate surface area is 195 Å². The summed E-state index contributed by atoms with van der Waals surface area (Å²) in [6, 6.07) is 26.4. The number of amides is 1. The largest absolute Gasteiger partial charge is 0.497 e. The molecule has 0 radical (unpaired) electrons. The van der Waals surface area contributed by atoms with Gasteiger partial charge in [0.05, 0.1) is 13.2 Å². The molecule has 1 amide bonds. The van der Waals surface area contributed by atoms with Gasteiger partial charge in [-0.25, -0.2) is 4.79 Å². The summed E-state index contributed by atoms with van der Waals surface area (Å²) in [5, 5.41) is 2.75. The SMILES string of the molecule is COc1ccc(C(C#Cc2ccccc2)N(C)C(C)(N)NC(=O)OCc2ccccc2)cc1. The first kappa shape index (κ1) is 23.9. The van der Waals surface area contributed by atoms with Crippen LogP contribution in [0.3, 0.4) is 0 Å². The monoisotopic (exact) mass is 443 g/mol. The molecule has 0 saturated heterocycles. The summed E-state index contributed by atoms with van der Waals surface area (Å²) in [4.78, 5) is 14.3. The second-order valence-corrected chi connectivity index (χ2v) is 7.76. The van der Waals surface area contributed by atoms with Crippen LogP contribution in [0.2, 0.25) is 0 Å². The van der Waals surface area contributed by atoms with E-state index in [0.29, 0.717) is 0 Å². The number of hydrogen-bond acceptors (Lipinski definition) is 5. The van der Waals surface area contributed by atoms with Gasteiger partial charge in [-0.3, -0.25) is 16.0 Å². The molecule has 6 nitrogen and oxygen atoms in total. The van der Waals surface area contributed by atoms with Gasteiger partial charge in [0, 0.05) is 5.56 Å². The molecule has 0 saturated carbocycles. The number of nitrogens with one attached hydrogen (secondary N) is 1. The summed E-state index contributed by atoms with van der Waals surface area (Å²) in [7, 11) is 3.43. The number of nitrogens with zero attached hydrogens (tertiary/aromatic N) is 1. The second kappa shape index (κ2) is 11.2. The lowest BCUT2D eigenvalue weighted by molar-refractivity contribution is 0.0633. The average Bonchev–Trinajstić information content (AvgIpc) is 2.84. The van der Waals surface area contributed by atoms with E-state index in [1.807, 2.05) is 92.0 Å². The zero-order chi connectivity index (χ0) is 23.7. The number of alkyl carbamates (subject to hydrolysis) is 1. The highest BCUT2D eigenvalue weighted by molar-refractivity contribution is 5.68. The molecule has 0 aliphatic heterocycles. The molecule has 0 fully saturated rings. The van der Waals surface area contributed by atoms with E-state index in [4.69, 9.17) is 15.2 Å². The first-order chi connectivity index (χ1) is 15.9. The molecular formula is C27H29N3O3. The topological polar surface area (TPSA) is 76.8 Å². The minimum Gasteiger partial charge on any atom is -0.497 e. The van der Waals surface area contributed by atoms with Gasteiger partial charge in [0.2, 0.25) is 0 Å². The fourth-order valence-electron chi connectivity index (χ4n) is 3.19. The molecule has 0 aliphatic carbocycles. The van der Waals surface area contributed by atoms with Crippen molar-refractivity contribution in [2.45, 2.75) is 25.4 Å². The first-order valence-electron chi connectivity index (χ1n) is 10.6. The van der Waals surface area contributed by atoms with Crippen molar-refractivity contribution in [1.82, 2.24) is 10.2 Å². The molecule has 2 atom stereocenters. The number of nitrogens with two attached hydrogens (primary N) is 1. The number of hydrogen-bond donors (Lipinski definition) is 2. The van der Waals surface area contributed by atoms with E-state index in [-0.39, 0.29) is 6.61 Å². The van der Waals surface area contributed by atoms with Crippen LogP contribution in [0.25, 0.3) is 0 Å². The Balaban J connectivity index is 1.78. The lowest BCUT2D eigenvalue weighted by atomic mass is 10.0. The predicted molar refractivity (Wildman–Crippen MR) is 129 cm³/mol. The molecule has 170 valence electrons. The van der Waals surface area contributed by atoms with Crippen molar-refractivity contribution in [3.8, 4) is 17.6 Å². The highest BCUT2D eigenvalue weighted by atomic mass is 16.5. The molecule has 3 rings (SSSR count). The second-order valence-electron chi connectivity index (χ2n) is 7.76. The Bertz CT molecular complexity index is 1090. The molecule has 3 N–H and O–H groups in total. The van der Waals surface area contributed by atoms with Gasteiger partial charge in [-0.05, 0) is 49.4 Å². The number of carbonyl (C=O) groups excluding carboxylic acids is 1. The highest BCUT2D eigenvalue weighted by Gasteiger charge is 2.32. The van der Waals surface area contributed by atoms with E-state index in [9.17, 15) is 4.79 Å². The van der Waals surface area contributed by atoms with E-state index >= 15 is 0 Å². The smallest absolute Gasteiger partial charge is 0.409 e. The lowest BCUT2D eigenvalue weighted by Crippen LogP contribution is -2.64. The quantitative estimate of drug-likeness (QED) is 0.421. The minimum absolute atomic E-state index is 0.155. The van der Waals surface area contributed by atoms with Crippen LogP contribution in [0.5, 0.6) is 5.75 Å². The Kier molecular flexibility index (Phi) is 8.09. The molecule has 0 heterocycles. The van der Waals surface area contributed by atoms with Crippen molar-refractivity contribution in [1.29, 1.82) is 0 Å². The van der Waals surface area contributed by atoms with Crippen molar-refractivity contribution in [2.24, 2.45) is 5.73 Å². The normalized spacial score (nSPS) is 13.2. The van der Waals surface area contributed by atoms with Crippen LogP contribution >= 0.6 is 0 Å². The van der Waals surface area contributed by atoms with E-state index in [2.05, 4.69) is 17.2 Å². The zero-order valence-electron chi connectivity index (χ0n) is 19.1. The Morgan fingerprint density at radius 1 is 1.03 bits per heavy atom. The molecule has 0 aliphatic rings. The molecule has 0 spiro atoms. The number of methoxy groups -OCH3 is 1. The Hall–Kier alpha value is -3.79. The first-order valence-corrected chi connectivity index (χ1v) is 10.6. The van der Waals surface area contributed by atoms with Gasteiger partial charge in [0.15, 0.2) is 0 Å². The van der Waals surface area contributed by atoms with E-state index < -0.39 is 17.9 Å². The maximum Gasteiger partial charge on any atom is 0.409 e. The van der Waals surface area contributed by atoms with Gasteiger partial charge in [-0.1, -0.05) is 72.5 Å². The standard InChI is InChI=1S/C27H29N3O3/c1-27(28,29-26(31)33-20-22-12-8-5-9-13-22)30(2)25(19-14-21-10-6-4-7-11-21)23-15-17-24(32-3)18-16-23/h4-13,15-18,25H,20,28H2,1-3H3,(H,29,31). The van der Waals surface area contributed by atoms with Crippen LogP contribution < -0.4 is 15.8 Å². The van der Waals surface area contributed by atoms with Gasteiger partial charge in [0.25, 0.3) is 0 Å². The average molecular weight is 444 g/mol. The van der Waals surface area contributed by atoms with Gasteiger partial charge in [0.1, 0.15) is 18.1 Å². The number of benzene rings is 3. The van der Waals surface area contributed by atoms with Crippen LogP contribution in [0.4, 0.5) is 4.79 Å². The van der Waals surface area contributed by atoms with Gasteiger partial charge < -0.3 is 9.47 Å². The van der Waals surface area contributed by atoms with E-state index in [0.717, 1.165) is 22.4 Å². The molecular weight excluding hydrogens is 414 g/mol. The van der Waals surface area contributed by atoms with Crippen molar-refractivity contribution >= 4 is 6.09 Å². The third kappa shape index (κ3) is 6.84. The Morgan fingerprint density at radius 2 is 1.64 bits per heavy atom. The molecule has 3 aromatic carbocycles. The molecule has 0 aromatic heterocycles. The number of rotatable bonds is 7. The molecule has 33 heavy (non-hydrogen) atoms. The highest BCUT2D eigenvalue weighted by Crippen LogP contribution is 2.25. The maximum absolute atomic E-state index is 12.5. The van der Waals surface area contributed by atoms with Gasteiger partial charge >= 0.3 is 6.09 Å².